The van der Waals surface area contributed by atoms with Gasteiger partial charge in [-0.3, -0.25) is 9.59 Å². The van der Waals surface area contributed by atoms with Crippen LogP contribution in [-0.4, -0.2) is 107 Å². The lowest BCUT2D eigenvalue weighted by molar-refractivity contribution is -0.154. The Morgan fingerprint density at radius 2 is 1.58 bits per heavy atom. The molecule has 2 heterocycles. The SMILES string of the molecule is COCCOc1ccc(S(=O)(=O)N2CCN(C(=O)C(=O)N3CCOCC3)CC2)cc1C. The van der Waals surface area contributed by atoms with Gasteiger partial charge in [0.2, 0.25) is 10.0 Å². The molecule has 2 aliphatic heterocycles. The lowest BCUT2D eigenvalue weighted by Crippen LogP contribution is -2.55. The number of piperazine rings is 1. The van der Waals surface area contributed by atoms with Gasteiger partial charge >= 0.3 is 11.8 Å². The van der Waals surface area contributed by atoms with Gasteiger partial charge < -0.3 is 24.0 Å². The Balaban J connectivity index is 1.59. The van der Waals surface area contributed by atoms with Crippen LogP contribution >= 0.6 is 0 Å². The van der Waals surface area contributed by atoms with Crippen LogP contribution in [0.3, 0.4) is 0 Å². The quantitative estimate of drug-likeness (QED) is 0.429. The maximum atomic E-state index is 13.0. The third-order valence-electron chi connectivity index (χ3n) is 5.34. The third-order valence-corrected chi connectivity index (χ3v) is 7.23. The van der Waals surface area contributed by atoms with Gasteiger partial charge in [-0.2, -0.15) is 4.31 Å². The van der Waals surface area contributed by atoms with E-state index in [4.69, 9.17) is 14.2 Å². The Morgan fingerprint density at radius 1 is 0.968 bits per heavy atom. The first-order chi connectivity index (χ1) is 14.8. The van der Waals surface area contributed by atoms with Gasteiger partial charge in [-0.15, -0.1) is 0 Å². The average Bonchev–Trinajstić information content (AvgIpc) is 2.80. The van der Waals surface area contributed by atoms with Gasteiger partial charge in [-0.25, -0.2) is 8.42 Å². The molecule has 11 heteroatoms. The Bertz CT molecular complexity index is 892. The minimum absolute atomic E-state index is 0.135. The van der Waals surface area contributed by atoms with E-state index in [1.165, 1.54) is 20.2 Å². The highest BCUT2D eigenvalue weighted by Gasteiger charge is 2.34. The molecule has 2 fully saturated rings. The van der Waals surface area contributed by atoms with E-state index in [2.05, 4.69) is 0 Å². The van der Waals surface area contributed by atoms with Crippen LogP contribution in [0.25, 0.3) is 0 Å². The van der Waals surface area contributed by atoms with Crippen LogP contribution in [0.5, 0.6) is 5.75 Å². The van der Waals surface area contributed by atoms with Crippen LogP contribution in [0.15, 0.2) is 23.1 Å². The number of methoxy groups -OCH3 is 1. The molecular weight excluding hydrogens is 426 g/mol. The molecule has 172 valence electrons. The second kappa shape index (κ2) is 10.4. The van der Waals surface area contributed by atoms with Gasteiger partial charge in [-0.05, 0) is 30.7 Å². The fourth-order valence-corrected chi connectivity index (χ4v) is 5.00. The molecule has 1 aromatic carbocycles. The molecule has 1 aromatic rings. The number of sulfonamides is 1. The summed E-state index contributed by atoms with van der Waals surface area (Å²) >= 11 is 0. The number of hydrogen-bond acceptors (Lipinski definition) is 7. The van der Waals surface area contributed by atoms with Crippen molar-refractivity contribution in [3.63, 3.8) is 0 Å². The molecule has 31 heavy (non-hydrogen) atoms. The van der Waals surface area contributed by atoms with Crippen molar-refractivity contribution in [1.29, 1.82) is 0 Å². The third kappa shape index (κ3) is 5.53. The number of amides is 2. The molecule has 0 N–H and O–H groups in total. The van der Waals surface area contributed by atoms with Crippen molar-refractivity contribution in [2.75, 3.05) is 72.8 Å². The zero-order valence-electron chi connectivity index (χ0n) is 17.9. The van der Waals surface area contributed by atoms with Crippen LogP contribution in [0, 0.1) is 6.92 Å². The summed E-state index contributed by atoms with van der Waals surface area (Å²) in [6.45, 7) is 4.84. The van der Waals surface area contributed by atoms with E-state index in [-0.39, 0.29) is 31.1 Å². The van der Waals surface area contributed by atoms with E-state index in [9.17, 15) is 18.0 Å². The molecule has 0 spiro atoms. The van der Waals surface area contributed by atoms with Crippen molar-refractivity contribution in [3.8, 4) is 5.75 Å². The van der Waals surface area contributed by atoms with E-state index in [1.807, 2.05) is 0 Å². The van der Waals surface area contributed by atoms with Crippen LogP contribution in [0.4, 0.5) is 0 Å². The van der Waals surface area contributed by atoms with Crippen molar-refractivity contribution >= 4 is 21.8 Å². The van der Waals surface area contributed by atoms with Crippen molar-refractivity contribution < 1.29 is 32.2 Å². The summed E-state index contributed by atoms with van der Waals surface area (Å²) in [7, 11) is -2.13. The molecule has 2 saturated heterocycles. The molecule has 0 atom stereocenters. The number of carbonyl (C=O) groups excluding carboxylic acids is 2. The van der Waals surface area contributed by atoms with Crippen LogP contribution < -0.4 is 4.74 Å². The highest BCUT2D eigenvalue weighted by molar-refractivity contribution is 7.89. The molecule has 0 aromatic heterocycles. The number of hydrogen-bond donors (Lipinski definition) is 0. The molecule has 0 radical (unpaired) electrons. The molecule has 2 amide bonds. The number of rotatable bonds is 6. The van der Waals surface area contributed by atoms with E-state index in [0.29, 0.717) is 50.8 Å². The second-order valence-corrected chi connectivity index (χ2v) is 9.31. The first kappa shape index (κ1) is 23.5. The van der Waals surface area contributed by atoms with E-state index >= 15 is 0 Å². The van der Waals surface area contributed by atoms with Crippen molar-refractivity contribution in [1.82, 2.24) is 14.1 Å². The van der Waals surface area contributed by atoms with Crippen LogP contribution in [0.1, 0.15) is 5.56 Å². The summed E-state index contributed by atoms with van der Waals surface area (Å²) in [6.07, 6.45) is 0. The van der Waals surface area contributed by atoms with Crippen LogP contribution in [-0.2, 0) is 29.1 Å². The Kier molecular flexibility index (Phi) is 7.87. The normalized spacial score (nSPS) is 18.1. The van der Waals surface area contributed by atoms with Gasteiger partial charge in [0.15, 0.2) is 0 Å². The number of ether oxygens (including phenoxy) is 3. The maximum absolute atomic E-state index is 13.0. The van der Waals surface area contributed by atoms with Crippen molar-refractivity contribution in [3.05, 3.63) is 23.8 Å². The van der Waals surface area contributed by atoms with Gasteiger partial charge in [-0.1, -0.05) is 0 Å². The fourth-order valence-electron chi connectivity index (χ4n) is 3.50. The second-order valence-electron chi connectivity index (χ2n) is 7.37. The lowest BCUT2D eigenvalue weighted by Gasteiger charge is -2.35. The Labute approximate surface area is 182 Å². The zero-order chi connectivity index (χ0) is 22.4. The van der Waals surface area contributed by atoms with E-state index in [1.54, 1.807) is 26.2 Å². The predicted molar refractivity (Wildman–Crippen MR) is 111 cm³/mol. The first-order valence-electron chi connectivity index (χ1n) is 10.2. The summed E-state index contributed by atoms with van der Waals surface area (Å²) in [6, 6.07) is 4.74. The summed E-state index contributed by atoms with van der Waals surface area (Å²) in [5.74, 6) is -0.542. The number of nitrogens with zero attached hydrogens (tertiary/aromatic N) is 3. The average molecular weight is 456 g/mol. The molecule has 10 nitrogen and oxygen atoms in total. The number of benzene rings is 1. The first-order valence-corrected chi connectivity index (χ1v) is 11.7. The summed E-state index contributed by atoms with van der Waals surface area (Å²) in [5.41, 5.74) is 0.710. The van der Waals surface area contributed by atoms with Gasteiger partial charge in [0.05, 0.1) is 24.7 Å². The molecule has 0 aliphatic carbocycles. The van der Waals surface area contributed by atoms with Gasteiger partial charge in [0, 0.05) is 46.4 Å². The monoisotopic (exact) mass is 455 g/mol. The van der Waals surface area contributed by atoms with E-state index in [0.717, 1.165) is 0 Å². The molecule has 3 rings (SSSR count). The summed E-state index contributed by atoms with van der Waals surface area (Å²) < 4.78 is 43.2. The Morgan fingerprint density at radius 3 is 2.16 bits per heavy atom. The molecular formula is C20H29N3O7S. The van der Waals surface area contributed by atoms with Crippen molar-refractivity contribution in [2.24, 2.45) is 0 Å². The number of aryl methyl sites for hydroxylation is 1. The molecule has 2 aliphatic rings. The fraction of sp³-hybridized carbons (Fsp3) is 0.600. The molecule has 0 saturated carbocycles. The Hall–Kier alpha value is -2.21. The summed E-state index contributed by atoms with van der Waals surface area (Å²) in [5, 5.41) is 0. The van der Waals surface area contributed by atoms with Gasteiger partial charge in [0.25, 0.3) is 0 Å². The van der Waals surface area contributed by atoms with Crippen molar-refractivity contribution in [2.45, 2.75) is 11.8 Å². The minimum Gasteiger partial charge on any atom is -0.491 e. The predicted octanol–water partition coefficient (Wildman–Crippen LogP) is -0.288. The number of morpholine rings is 1. The zero-order valence-corrected chi connectivity index (χ0v) is 18.7. The highest BCUT2D eigenvalue weighted by Crippen LogP contribution is 2.25. The van der Waals surface area contributed by atoms with E-state index < -0.39 is 21.8 Å². The molecule has 0 bridgehead atoms. The highest BCUT2D eigenvalue weighted by atomic mass is 32.2. The van der Waals surface area contributed by atoms with Gasteiger partial charge in [0.1, 0.15) is 12.4 Å². The largest absolute Gasteiger partial charge is 0.491 e. The summed E-state index contributed by atoms with van der Waals surface area (Å²) in [4.78, 5) is 28.0. The minimum atomic E-state index is -3.71. The topological polar surface area (TPSA) is 106 Å². The lowest BCUT2D eigenvalue weighted by atomic mass is 10.2. The standard InChI is InChI=1S/C20H29N3O7S/c1-16-15-17(3-4-18(16)30-14-13-28-2)31(26,27)23-7-5-21(6-8-23)19(24)20(25)22-9-11-29-12-10-22/h3-4,15H,5-14H2,1-2H3. The van der Waals surface area contributed by atoms with Crippen LogP contribution in [0.2, 0.25) is 0 Å². The number of carbonyl (C=O) groups is 2. The molecule has 0 unspecified atom stereocenters. The maximum Gasteiger partial charge on any atom is 0.312 e. The smallest absolute Gasteiger partial charge is 0.312 e.